The lowest BCUT2D eigenvalue weighted by Gasteiger charge is -2.06. The Morgan fingerprint density at radius 3 is 2.93 bits per heavy atom. The normalized spacial score (nSPS) is 11.1. The highest BCUT2D eigenvalue weighted by molar-refractivity contribution is 5.94. The molecule has 0 aliphatic carbocycles. The van der Waals surface area contributed by atoms with Crippen LogP contribution in [0.1, 0.15) is 35.6 Å². The lowest BCUT2D eigenvalue weighted by molar-refractivity contribution is 0.0949. The van der Waals surface area contributed by atoms with Crippen LogP contribution in [0.3, 0.4) is 0 Å². The molecule has 1 aromatic carbocycles. The Labute approximate surface area is 158 Å². The largest absolute Gasteiger partial charge is 0.504 e. The number of nitrogen functional groups attached to an aromatic ring is 1. The first-order valence-electron chi connectivity index (χ1n) is 8.37. The Morgan fingerprint density at radius 2 is 2.25 bits per heavy atom. The van der Waals surface area contributed by atoms with Crippen molar-refractivity contribution in [3.8, 4) is 17.3 Å². The van der Waals surface area contributed by atoms with Crippen molar-refractivity contribution >= 4 is 17.9 Å². The second-order valence-electron chi connectivity index (χ2n) is 5.48. The second-order valence-corrected chi connectivity index (χ2v) is 5.48. The number of aromatic hydroxyl groups is 1. The number of rotatable bonds is 7. The summed E-state index contributed by atoms with van der Waals surface area (Å²) in [6.07, 6.45) is 1.84. The third-order valence-corrected chi connectivity index (χ3v) is 3.67. The number of aromatic nitrogens is 5. The van der Waals surface area contributed by atoms with Gasteiger partial charge in [-0.05, 0) is 47.4 Å². The van der Waals surface area contributed by atoms with E-state index in [-0.39, 0.29) is 23.1 Å². The lowest BCUT2D eigenvalue weighted by atomic mass is 10.2. The van der Waals surface area contributed by atoms with Crippen LogP contribution < -0.4 is 15.9 Å². The molecule has 12 heteroatoms. The van der Waals surface area contributed by atoms with Crippen LogP contribution in [-0.2, 0) is 6.42 Å². The molecule has 3 rings (SSSR count). The van der Waals surface area contributed by atoms with Crippen molar-refractivity contribution in [2.75, 3.05) is 12.3 Å². The highest BCUT2D eigenvalue weighted by Gasteiger charge is 2.22. The summed E-state index contributed by atoms with van der Waals surface area (Å²) in [6.45, 7) is 4.04. The number of anilines is 1. The van der Waals surface area contributed by atoms with Crippen molar-refractivity contribution < 1.29 is 19.3 Å². The molecule has 2 aromatic heterocycles. The average molecular weight is 386 g/mol. The molecule has 0 bridgehead atoms. The zero-order valence-electron chi connectivity index (χ0n) is 15.2. The van der Waals surface area contributed by atoms with Crippen LogP contribution in [0, 0.1) is 0 Å². The molecular formula is C16H18N8O4. The van der Waals surface area contributed by atoms with E-state index in [9.17, 15) is 9.90 Å². The number of benzene rings is 1. The van der Waals surface area contributed by atoms with E-state index in [1.54, 1.807) is 12.1 Å². The van der Waals surface area contributed by atoms with Crippen molar-refractivity contribution in [2.24, 2.45) is 5.10 Å². The number of carbonyl (C=O) groups excluding carboxylic acids is 1. The summed E-state index contributed by atoms with van der Waals surface area (Å²) in [4.78, 5) is 12.4. The summed E-state index contributed by atoms with van der Waals surface area (Å²) in [5.41, 5.74) is 9.21. The van der Waals surface area contributed by atoms with Gasteiger partial charge in [0.1, 0.15) is 0 Å². The molecule has 1 amide bonds. The minimum atomic E-state index is -0.557. The molecule has 2 heterocycles. The molecule has 28 heavy (non-hydrogen) atoms. The third kappa shape index (κ3) is 3.75. The van der Waals surface area contributed by atoms with Crippen LogP contribution >= 0.6 is 0 Å². The van der Waals surface area contributed by atoms with Gasteiger partial charge in [-0.3, -0.25) is 4.79 Å². The molecule has 0 aliphatic heterocycles. The molecule has 0 saturated heterocycles. The fourth-order valence-electron chi connectivity index (χ4n) is 2.40. The highest BCUT2D eigenvalue weighted by atomic mass is 16.6. The number of hydrogen-bond acceptors (Lipinski definition) is 10. The van der Waals surface area contributed by atoms with Gasteiger partial charge in [-0.15, -0.1) is 5.10 Å². The molecule has 0 spiro atoms. The standard InChI is InChI=1S/C16H18N8O4/c1-3-10-13(19-23-24(10)15-14(17)21-28-22-15)16(26)20-18-8-9-5-6-11(25)12(7-9)27-4-2/h5-8,25H,3-4H2,1-2H3,(H2,17,21)(H,20,26)/b18-8-. The molecule has 0 unspecified atom stereocenters. The predicted octanol–water partition coefficient (Wildman–Crippen LogP) is 0.663. The van der Waals surface area contributed by atoms with Crippen LogP contribution in [0.2, 0.25) is 0 Å². The van der Waals surface area contributed by atoms with Crippen molar-refractivity contribution in [2.45, 2.75) is 20.3 Å². The molecule has 0 aliphatic rings. The highest BCUT2D eigenvalue weighted by Crippen LogP contribution is 2.26. The number of hydrazone groups is 1. The number of phenols is 1. The van der Waals surface area contributed by atoms with E-state index in [1.165, 1.54) is 17.0 Å². The van der Waals surface area contributed by atoms with Gasteiger partial charge in [-0.2, -0.15) is 9.78 Å². The summed E-state index contributed by atoms with van der Waals surface area (Å²) < 4.78 is 11.1. The zero-order valence-corrected chi connectivity index (χ0v) is 15.2. The summed E-state index contributed by atoms with van der Waals surface area (Å²) in [7, 11) is 0. The van der Waals surface area contributed by atoms with E-state index in [4.69, 9.17) is 10.5 Å². The van der Waals surface area contributed by atoms with E-state index in [0.29, 0.717) is 30.0 Å². The topological polar surface area (TPSA) is 167 Å². The number of phenolic OH excluding ortho intramolecular Hbond substituents is 1. The van der Waals surface area contributed by atoms with Gasteiger partial charge in [0.15, 0.2) is 17.2 Å². The fraction of sp³-hybridized carbons (Fsp3) is 0.250. The number of amides is 1. The van der Waals surface area contributed by atoms with Crippen molar-refractivity contribution in [1.29, 1.82) is 0 Å². The third-order valence-electron chi connectivity index (χ3n) is 3.67. The summed E-state index contributed by atoms with van der Waals surface area (Å²) in [5, 5.41) is 28.5. The molecule has 3 aromatic rings. The Hall–Kier alpha value is -3.96. The predicted molar refractivity (Wildman–Crippen MR) is 97.3 cm³/mol. The number of hydrogen-bond donors (Lipinski definition) is 3. The quantitative estimate of drug-likeness (QED) is 0.390. The van der Waals surface area contributed by atoms with Gasteiger partial charge in [-0.25, -0.2) is 10.1 Å². The summed E-state index contributed by atoms with van der Waals surface area (Å²) in [5.74, 6) is -0.0266. The molecule has 0 radical (unpaired) electrons. The van der Waals surface area contributed by atoms with Gasteiger partial charge in [0.2, 0.25) is 11.6 Å². The minimum Gasteiger partial charge on any atom is -0.504 e. The molecule has 0 saturated carbocycles. The van der Waals surface area contributed by atoms with E-state index in [0.717, 1.165) is 0 Å². The number of ether oxygens (including phenoxy) is 1. The van der Waals surface area contributed by atoms with Crippen molar-refractivity contribution in [3.05, 3.63) is 35.2 Å². The first kappa shape index (κ1) is 18.8. The molecule has 12 nitrogen and oxygen atoms in total. The van der Waals surface area contributed by atoms with Crippen LogP contribution in [0.5, 0.6) is 11.5 Å². The summed E-state index contributed by atoms with van der Waals surface area (Å²) in [6, 6.07) is 4.70. The van der Waals surface area contributed by atoms with Gasteiger partial charge in [0.05, 0.1) is 18.5 Å². The Balaban J connectivity index is 1.75. The summed E-state index contributed by atoms with van der Waals surface area (Å²) >= 11 is 0. The molecule has 4 N–H and O–H groups in total. The Kier molecular flexibility index (Phi) is 5.48. The van der Waals surface area contributed by atoms with Crippen LogP contribution in [0.15, 0.2) is 27.9 Å². The fourth-order valence-corrected chi connectivity index (χ4v) is 2.40. The van der Waals surface area contributed by atoms with Gasteiger partial charge in [-0.1, -0.05) is 12.1 Å². The van der Waals surface area contributed by atoms with Gasteiger partial charge < -0.3 is 15.6 Å². The van der Waals surface area contributed by atoms with Crippen LogP contribution in [-0.4, -0.2) is 49.1 Å². The number of nitrogens with zero attached hydrogens (tertiary/aromatic N) is 6. The number of nitrogens with one attached hydrogen (secondary N) is 1. The monoisotopic (exact) mass is 386 g/mol. The molecular weight excluding hydrogens is 368 g/mol. The van der Waals surface area contributed by atoms with E-state index < -0.39 is 5.91 Å². The minimum absolute atomic E-state index is 0.0221. The van der Waals surface area contributed by atoms with Crippen molar-refractivity contribution in [1.82, 2.24) is 30.7 Å². The first-order chi connectivity index (χ1) is 13.5. The lowest BCUT2D eigenvalue weighted by Crippen LogP contribution is -2.20. The van der Waals surface area contributed by atoms with Gasteiger partial charge in [0.25, 0.3) is 5.91 Å². The van der Waals surface area contributed by atoms with Gasteiger partial charge >= 0.3 is 0 Å². The van der Waals surface area contributed by atoms with E-state index in [1.807, 2.05) is 13.8 Å². The number of carbonyl (C=O) groups is 1. The zero-order chi connectivity index (χ0) is 20.1. The average Bonchev–Trinajstić information content (AvgIpc) is 3.29. The maximum atomic E-state index is 12.4. The molecule has 146 valence electrons. The second kappa shape index (κ2) is 8.16. The molecule has 0 atom stereocenters. The Bertz CT molecular complexity index is 1010. The maximum Gasteiger partial charge on any atom is 0.293 e. The SMILES string of the molecule is CCOc1cc(/C=N\NC(=O)c2nnn(-c3nonc3N)c2CC)ccc1O. The smallest absolute Gasteiger partial charge is 0.293 e. The maximum absolute atomic E-state index is 12.4. The first-order valence-corrected chi connectivity index (χ1v) is 8.37. The van der Waals surface area contributed by atoms with Crippen molar-refractivity contribution in [3.63, 3.8) is 0 Å². The van der Waals surface area contributed by atoms with E-state index >= 15 is 0 Å². The Morgan fingerprint density at radius 1 is 1.43 bits per heavy atom. The van der Waals surface area contributed by atoms with Gasteiger partial charge in [0, 0.05) is 0 Å². The molecule has 0 fully saturated rings. The van der Waals surface area contributed by atoms with E-state index in [2.05, 4.69) is 35.8 Å². The van der Waals surface area contributed by atoms with Crippen LogP contribution in [0.4, 0.5) is 5.82 Å². The number of nitrogens with two attached hydrogens (primary N) is 1. The van der Waals surface area contributed by atoms with Crippen LogP contribution in [0.25, 0.3) is 5.82 Å².